The first-order chi connectivity index (χ1) is 10.7. The highest BCUT2D eigenvalue weighted by molar-refractivity contribution is 6.33. The van der Waals surface area contributed by atoms with Gasteiger partial charge in [0.1, 0.15) is 0 Å². The summed E-state index contributed by atoms with van der Waals surface area (Å²) in [7, 11) is 0. The van der Waals surface area contributed by atoms with Gasteiger partial charge in [0.25, 0.3) is 0 Å². The molecule has 1 heterocycles. The molecule has 2 fully saturated rings. The van der Waals surface area contributed by atoms with Crippen molar-refractivity contribution in [2.24, 2.45) is 5.92 Å². The Morgan fingerprint density at radius 3 is 2.59 bits per heavy atom. The number of hydrogen-bond acceptors (Lipinski definition) is 2. The van der Waals surface area contributed by atoms with Crippen LogP contribution in [0, 0.1) is 5.92 Å². The molecule has 0 amide bonds. The van der Waals surface area contributed by atoms with E-state index >= 15 is 0 Å². The van der Waals surface area contributed by atoms with E-state index in [0.29, 0.717) is 6.04 Å². The number of nitrogens with zero attached hydrogens (tertiary/aromatic N) is 2. The number of anilines is 1. The van der Waals surface area contributed by atoms with E-state index in [4.69, 9.17) is 11.6 Å². The van der Waals surface area contributed by atoms with Gasteiger partial charge in [-0.15, -0.1) is 0 Å². The zero-order valence-electron chi connectivity index (χ0n) is 13.8. The first kappa shape index (κ1) is 16.1. The number of halogens is 1. The minimum Gasteiger partial charge on any atom is -0.365 e. The average molecular weight is 321 g/mol. The predicted molar refractivity (Wildman–Crippen MR) is 95.9 cm³/mol. The third kappa shape index (κ3) is 3.97. The van der Waals surface area contributed by atoms with Gasteiger partial charge in [0.2, 0.25) is 0 Å². The van der Waals surface area contributed by atoms with Gasteiger partial charge < -0.3 is 4.90 Å². The normalized spacial score (nSPS) is 24.6. The number of rotatable bonds is 4. The van der Waals surface area contributed by atoms with Gasteiger partial charge in [0, 0.05) is 25.7 Å². The van der Waals surface area contributed by atoms with Crippen molar-refractivity contribution in [3.8, 4) is 0 Å². The summed E-state index contributed by atoms with van der Waals surface area (Å²) >= 11 is 6.37. The fraction of sp³-hybridized carbons (Fsp3) is 0.684. The molecule has 1 aliphatic carbocycles. The average Bonchev–Trinajstić information content (AvgIpc) is 2.55. The standard InChI is InChI=1S/C19H29ClN2/c1-16-15-21(12-11-17-7-3-2-4-8-17)13-14-22(16)19-10-6-5-9-18(19)20/h5-6,9-10,16-17H,2-4,7-8,11-15H2,1H3. The zero-order chi connectivity index (χ0) is 15.4. The van der Waals surface area contributed by atoms with Crippen LogP contribution in [-0.2, 0) is 0 Å². The molecule has 0 bridgehead atoms. The molecular weight excluding hydrogens is 292 g/mol. The Kier molecular flexibility index (Phi) is 5.65. The van der Waals surface area contributed by atoms with E-state index in [1.165, 1.54) is 57.3 Å². The van der Waals surface area contributed by atoms with Gasteiger partial charge in [-0.1, -0.05) is 55.8 Å². The number of piperazine rings is 1. The summed E-state index contributed by atoms with van der Waals surface area (Å²) in [6.07, 6.45) is 8.72. The second-order valence-corrected chi connectivity index (χ2v) is 7.49. The number of benzene rings is 1. The van der Waals surface area contributed by atoms with E-state index in [1.54, 1.807) is 0 Å². The van der Waals surface area contributed by atoms with E-state index < -0.39 is 0 Å². The quantitative estimate of drug-likeness (QED) is 0.784. The molecule has 3 heteroatoms. The summed E-state index contributed by atoms with van der Waals surface area (Å²) in [4.78, 5) is 5.13. The van der Waals surface area contributed by atoms with Crippen molar-refractivity contribution in [1.29, 1.82) is 0 Å². The van der Waals surface area contributed by atoms with E-state index in [1.807, 2.05) is 12.1 Å². The Morgan fingerprint density at radius 2 is 1.86 bits per heavy atom. The third-order valence-corrected chi connectivity index (χ3v) is 5.77. The largest absolute Gasteiger partial charge is 0.365 e. The van der Waals surface area contributed by atoms with Crippen molar-refractivity contribution in [2.45, 2.75) is 51.5 Å². The van der Waals surface area contributed by atoms with Crippen molar-refractivity contribution >= 4 is 17.3 Å². The van der Waals surface area contributed by atoms with Crippen LogP contribution in [0.3, 0.4) is 0 Å². The molecule has 122 valence electrons. The molecule has 1 aliphatic heterocycles. The fourth-order valence-electron chi connectivity index (χ4n) is 4.12. The molecule has 1 saturated carbocycles. The summed E-state index contributed by atoms with van der Waals surface area (Å²) in [6, 6.07) is 8.79. The van der Waals surface area contributed by atoms with Crippen LogP contribution < -0.4 is 4.90 Å². The molecule has 0 radical (unpaired) electrons. The highest BCUT2D eigenvalue weighted by Crippen LogP contribution is 2.29. The van der Waals surface area contributed by atoms with Gasteiger partial charge in [0.05, 0.1) is 10.7 Å². The summed E-state index contributed by atoms with van der Waals surface area (Å²) in [5.74, 6) is 0.991. The van der Waals surface area contributed by atoms with Crippen molar-refractivity contribution < 1.29 is 0 Å². The lowest BCUT2D eigenvalue weighted by Gasteiger charge is -2.42. The molecule has 1 aromatic carbocycles. The van der Waals surface area contributed by atoms with Crippen molar-refractivity contribution in [2.75, 3.05) is 31.1 Å². The van der Waals surface area contributed by atoms with Crippen molar-refractivity contribution in [3.63, 3.8) is 0 Å². The lowest BCUT2D eigenvalue weighted by Crippen LogP contribution is -2.52. The van der Waals surface area contributed by atoms with Crippen LogP contribution in [0.2, 0.25) is 5.02 Å². The fourth-order valence-corrected chi connectivity index (χ4v) is 4.36. The smallest absolute Gasteiger partial charge is 0.0639 e. The number of hydrogen-bond donors (Lipinski definition) is 0. The Hall–Kier alpha value is -0.730. The number of para-hydroxylation sites is 1. The van der Waals surface area contributed by atoms with E-state index in [-0.39, 0.29) is 0 Å². The minimum atomic E-state index is 0.542. The highest BCUT2D eigenvalue weighted by atomic mass is 35.5. The maximum atomic E-state index is 6.37. The monoisotopic (exact) mass is 320 g/mol. The molecular formula is C19H29ClN2. The second kappa shape index (κ2) is 7.70. The Morgan fingerprint density at radius 1 is 1.09 bits per heavy atom. The predicted octanol–water partition coefficient (Wildman–Crippen LogP) is 4.82. The molecule has 1 unspecified atom stereocenters. The van der Waals surface area contributed by atoms with Crippen LogP contribution >= 0.6 is 11.6 Å². The Labute approximate surface area is 140 Å². The maximum absolute atomic E-state index is 6.37. The van der Waals surface area contributed by atoms with Gasteiger partial charge in [-0.2, -0.15) is 0 Å². The molecule has 1 aromatic rings. The molecule has 0 spiro atoms. The highest BCUT2D eigenvalue weighted by Gasteiger charge is 2.25. The summed E-state index contributed by atoms with van der Waals surface area (Å²) in [5.41, 5.74) is 1.20. The van der Waals surface area contributed by atoms with Crippen LogP contribution in [0.25, 0.3) is 0 Å². The van der Waals surface area contributed by atoms with E-state index in [2.05, 4.69) is 28.9 Å². The zero-order valence-corrected chi connectivity index (χ0v) is 14.6. The van der Waals surface area contributed by atoms with Crippen LogP contribution in [0.1, 0.15) is 45.4 Å². The molecule has 0 aromatic heterocycles. The molecule has 2 nitrogen and oxygen atoms in total. The Balaban J connectivity index is 1.50. The van der Waals surface area contributed by atoms with Crippen molar-refractivity contribution in [3.05, 3.63) is 29.3 Å². The SMILES string of the molecule is CC1CN(CCC2CCCCC2)CCN1c1ccccc1Cl. The molecule has 2 aliphatic rings. The van der Waals surface area contributed by atoms with Crippen molar-refractivity contribution in [1.82, 2.24) is 4.90 Å². The first-order valence-corrected chi connectivity index (χ1v) is 9.35. The lowest BCUT2D eigenvalue weighted by atomic mass is 9.87. The molecule has 0 N–H and O–H groups in total. The van der Waals surface area contributed by atoms with Gasteiger partial charge in [-0.3, -0.25) is 4.90 Å². The topological polar surface area (TPSA) is 6.48 Å². The molecule has 3 rings (SSSR count). The minimum absolute atomic E-state index is 0.542. The van der Waals surface area contributed by atoms with Gasteiger partial charge in [0.15, 0.2) is 0 Å². The van der Waals surface area contributed by atoms with E-state index in [0.717, 1.165) is 24.0 Å². The van der Waals surface area contributed by atoms with Crippen LogP contribution in [-0.4, -0.2) is 37.1 Å². The van der Waals surface area contributed by atoms with Crippen LogP contribution in [0.15, 0.2) is 24.3 Å². The first-order valence-electron chi connectivity index (χ1n) is 8.97. The Bertz CT molecular complexity index is 470. The molecule has 22 heavy (non-hydrogen) atoms. The van der Waals surface area contributed by atoms with Crippen LogP contribution in [0.5, 0.6) is 0 Å². The summed E-state index contributed by atoms with van der Waals surface area (Å²) in [6.45, 7) is 7.04. The summed E-state index contributed by atoms with van der Waals surface area (Å²) < 4.78 is 0. The molecule has 1 saturated heterocycles. The second-order valence-electron chi connectivity index (χ2n) is 7.09. The van der Waals surface area contributed by atoms with Gasteiger partial charge in [-0.25, -0.2) is 0 Å². The van der Waals surface area contributed by atoms with Crippen LogP contribution in [0.4, 0.5) is 5.69 Å². The summed E-state index contributed by atoms with van der Waals surface area (Å²) in [5, 5.41) is 0.880. The van der Waals surface area contributed by atoms with Gasteiger partial charge >= 0.3 is 0 Å². The van der Waals surface area contributed by atoms with E-state index in [9.17, 15) is 0 Å². The maximum Gasteiger partial charge on any atom is 0.0639 e. The van der Waals surface area contributed by atoms with Gasteiger partial charge in [-0.05, 0) is 37.9 Å². The lowest BCUT2D eigenvalue weighted by molar-refractivity contribution is 0.201. The molecule has 1 atom stereocenters. The third-order valence-electron chi connectivity index (χ3n) is 5.45.